The molecule has 2 amide bonds. The van der Waals surface area contributed by atoms with Crippen molar-refractivity contribution in [2.45, 2.75) is 20.4 Å². The summed E-state index contributed by atoms with van der Waals surface area (Å²) in [6, 6.07) is 12.7. The summed E-state index contributed by atoms with van der Waals surface area (Å²) in [5.74, 6) is 0.513. The van der Waals surface area contributed by atoms with E-state index in [1.165, 1.54) is 0 Å². The van der Waals surface area contributed by atoms with Crippen LogP contribution in [0.3, 0.4) is 0 Å². The van der Waals surface area contributed by atoms with Crippen molar-refractivity contribution in [3.05, 3.63) is 53.6 Å². The predicted molar refractivity (Wildman–Crippen MR) is 107 cm³/mol. The van der Waals surface area contributed by atoms with E-state index in [-0.39, 0.29) is 25.2 Å². The zero-order valence-corrected chi connectivity index (χ0v) is 16.2. The molecule has 7 nitrogen and oxygen atoms in total. The molecule has 2 N–H and O–H groups in total. The lowest BCUT2D eigenvalue weighted by Crippen LogP contribution is -2.32. The molecule has 0 aliphatic carbocycles. The first kappa shape index (κ1) is 19.7. The van der Waals surface area contributed by atoms with Gasteiger partial charge in [-0.15, -0.1) is 0 Å². The van der Waals surface area contributed by atoms with Crippen molar-refractivity contribution in [2.24, 2.45) is 0 Å². The number of fused-ring (bicyclic) bond motifs is 1. The van der Waals surface area contributed by atoms with Gasteiger partial charge < -0.3 is 20.1 Å². The molecule has 0 aromatic heterocycles. The fraction of sp³-hybridized carbons (Fsp3) is 0.333. The average molecular weight is 383 g/mol. The van der Waals surface area contributed by atoms with Gasteiger partial charge in [0.25, 0.3) is 5.91 Å². The number of ether oxygens (including phenoxy) is 2. The highest BCUT2D eigenvalue weighted by atomic mass is 16.7. The number of rotatable bonds is 8. The molecule has 2 aromatic rings. The maximum absolute atomic E-state index is 12.2. The second-order valence-electron chi connectivity index (χ2n) is 6.46. The average Bonchev–Trinajstić information content (AvgIpc) is 3.18. The van der Waals surface area contributed by atoms with Crippen LogP contribution in [0.15, 0.2) is 42.5 Å². The minimum absolute atomic E-state index is 0.118. The van der Waals surface area contributed by atoms with Gasteiger partial charge >= 0.3 is 0 Å². The number of hydrogen-bond donors (Lipinski definition) is 2. The number of anilines is 1. The Labute approximate surface area is 164 Å². The SMILES string of the molecule is CCN(CC)Cc1cccc(NC(=O)CNC(=O)c2ccc3c(c2)OCO3)c1. The van der Waals surface area contributed by atoms with E-state index in [2.05, 4.69) is 29.4 Å². The van der Waals surface area contributed by atoms with Gasteiger partial charge in [-0.2, -0.15) is 0 Å². The van der Waals surface area contributed by atoms with Gasteiger partial charge in [-0.3, -0.25) is 14.5 Å². The molecule has 0 radical (unpaired) electrons. The van der Waals surface area contributed by atoms with E-state index in [1.54, 1.807) is 18.2 Å². The molecule has 0 fully saturated rings. The fourth-order valence-electron chi connectivity index (χ4n) is 2.96. The van der Waals surface area contributed by atoms with Gasteiger partial charge in [0, 0.05) is 17.8 Å². The third-order valence-electron chi connectivity index (χ3n) is 4.56. The Morgan fingerprint density at radius 1 is 1.04 bits per heavy atom. The molecule has 0 saturated heterocycles. The van der Waals surface area contributed by atoms with Gasteiger partial charge in [-0.05, 0) is 49.0 Å². The Bertz CT molecular complexity index is 849. The highest BCUT2D eigenvalue weighted by molar-refractivity contribution is 5.99. The molecule has 1 aliphatic heterocycles. The topological polar surface area (TPSA) is 79.9 Å². The third-order valence-corrected chi connectivity index (χ3v) is 4.56. The van der Waals surface area contributed by atoms with E-state index in [4.69, 9.17) is 9.47 Å². The number of nitrogens with one attached hydrogen (secondary N) is 2. The lowest BCUT2D eigenvalue weighted by molar-refractivity contribution is -0.115. The van der Waals surface area contributed by atoms with Crippen molar-refractivity contribution in [3.63, 3.8) is 0 Å². The minimum Gasteiger partial charge on any atom is -0.454 e. The summed E-state index contributed by atoms with van der Waals surface area (Å²) >= 11 is 0. The second-order valence-corrected chi connectivity index (χ2v) is 6.46. The van der Waals surface area contributed by atoms with Gasteiger partial charge in [0.05, 0.1) is 6.54 Å². The molecular formula is C21H25N3O4. The molecule has 148 valence electrons. The van der Waals surface area contributed by atoms with Crippen LogP contribution in [-0.4, -0.2) is 43.1 Å². The number of amides is 2. The van der Waals surface area contributed by atoms with Crippen molar-refractivity contribution in [1.82, 2.24) is 10.2 Å². The Kier molecular flexibility index (Phi) is 6.49. The summed E-state index contributed by atoms with van der Waals surface area (Å²) in [5, 5.41) is 5.44. The largest absolute Gasteiger partial charge is 0.454 e. The number of benzene rings is 2. The number of carbonyl (C=O) groups is 2. The van der Waals surface area contributed by atoms with Crippen molar-refractivity contribution < 1.29 is 19.1 Å². The van der Waals surface area contributed by atoms with E-state index >= 15 is 0 Å². The summed E-state index contributed by atoms with van der Waals surface area (Å²) < 4.78 is 10.5. The van der Waals surface area contributed by atoms with Gasteiger partial charge in [0.1, 0.15) is 0 Å². The van der Waals surface area contributed by atoms with Crippen LogP contribution < -0.4 is 20.1 Å². The molecule has 3 rings (SSSR count). The molecular weight excluding hydrogens is 358 g/mol. The summed E-state index contributed by atoms with van der Waals surface area (Å²) in [5.41, 5.74) is 2.26. The molecule has 0 spiro atoms. The quantitative estimate of drug-likeness (QED) is 0.733. The fourth-order valence-corrected chi connectivity index (χ4v) is 2.96. The van der Waals surface area contributed by atoms with Crippen molar-refractivity contribution in [1.29, 1.82) is 0 Å². The van der Waals surface area contributed by atoms with E-state index < -0.39 is 0 Å². The van der Waals surface area contributed by atoms with Crippen molar-refractivity contribution in [2.75, 3.05) is 31.7 Å². The first-order valence-electron chi connectivity index (χ1n) is 9.38. The van der Waals surface area contributed by atoms with E-state index in [1.807, 2.05) is 24.3 Å². The highest BCUT2D eigenvalue weighted by Crippen LogP contribution is 2.32. The molecule has 0 saturated carbocycles. The van der Waals surface area contributed by atoms with Crippen LogP contribution in [0, 0.1) is 0 Å². The minimum atomic E-state index is -0.344. The van der Waals surface area contributed by atoms with Crippen LogP contribution in [-0.2, 0) is 11.3 Å². The van der Waals surface area contributed by atoms with Gasteiger partial charge in [-0.25, -0.2) is 0 Å². The van der Waals surface area contributed by atoms with Gasteiger partial charge in [0.15, 0.2) is 11.5 Å². The Morgan fingerprint density at radius 2 is 1.82 bits per heavy atom. The molecule has 0 unspecified atom stereocenters. The van der Waals surface area contributed by atoms with E-state index in [0.717, 1.165) is 25.2 Å². The zero-order chi connectivity index (χ0) is 19.9. The van der Waals surface area contributed by atoms with Crippen LogP contribution in [0.25, 0.3) is 0 Å². The molecule has 7 heteroatoms. The lowest BCUT2D eigenvalue weighted by atomic mass is 10.2. The summed E-state index contributed by atoms with van der Waals surface area (Å²) in [7, 11) is 0. The second kappa shape index (κ2) is 9.23. The maximum Gasteiger partial charge on any atom is 0.251 e. The number of carbonyl (C=O) groups excluding carboxylic acids is 2. The monoisotopic (exact) mass is 383 g/mol. The molecule has 0 atom stereocenters. The number of hydrogen-bond acceptors (Lipinski definition) is 5. The highest BCUT2D eigenvalue weighted by Gasteiger charge is 2.16. The van der Waals surface area contributed by atoms with E-state index in [0.29, 0.717) is 22.7 Å². The van der Waals surface area contributed by atoms with Crippen LogP contribution in [0.2, 0.25) is 0 Å². The van der Waals surface area contributed by atoms with Gasteiger partial charge in [0.2, 0.25) is 12.7 Å². The standard InChI is InChI=1S/C21H25N3O4/c1-3-24(4-2)13-15-6-5-7-17(10-15)23-20(25)12-22-21(26)16-8-9-18-19(11-16)28-14-27-18/h5-11H,3-4,12-14H2,1-2H3,(H,22,26)(H,23,25). The first-order chi connectivity index (χ1) is 13.6. The third kappa shape index (κ3) is 5.01. The zero-order valence-electron chi connectivity index (χ0n) is 16.2. The van der Waals surface area contributed by atoms with Gasteiger partial charge in [-0.1, -0.05) is 26.0 Å². The summed E-state index contributed by atoms with van der Waals surface area (Å²) in [4.78, 5) is 26.7. The number of nitrogens with zero attached hydrogens (tertiary/aromatic N) is 1. The molecule has 0 bridgehead atoms. The normalized spacial score (nSPS) is 12.1. The molecule has 28 heavy (non-hydrogen) atoms. The maximum atomic E-state index is 12.2. The lowest BCUT2D eigenvalue weighted by Gasteiger charge is -2.18. The van der Waals surface area contributed by atoms with Crippen LogP contribution in [0.1, 0.15) is 29.8 Å². The molecule has 1 heterocycles. The first-order valence-corrected chi connectivity index (χ1v) is 9.38. The van der Waals surface area contributed by atoms with E-state index in [9.17, 15) is 9.59 Å². The smallest absolute Gasteiger partial charge is 0.251 e. The van der Waals surface area contributed by atoms with Crippen molar-refractivity contribution >= 4 is 17.5 Å². The predicted octanol–water partition coefficient (Wildman–Crippen LogP) is 2.63. The molecule has 1 aliphatic rings. The van der Waals surface area contributed by atoms with Crippen LogP contribution in [0.5, 0.6) is 11.5 Å². The summed E-state index contributed by atoms with van der Waals surface area (Å²) in [6.45, 7) is 7.05. The Hall–Kier alpha value is -3.06. The molecule has 2 aromatic carbocycles. The van der Waals surface area contributed by atoms with Crippen LogP contribution >= 0.6 is 0 Å². The Balaban J connectivity index is 1.52. The Morgan fingerprint density at radius 3 is 2.61 bits per heavy atom. The van der Waals surface area contributed by atoms with Crippen LogP contribution in [0.4, 0.5) is 5.69 Å². The van der Waals surface area contributed by atoms with Crippen molar-refractivity contribution in [3.8, 4) is 11.5 Å². The summed E-state index contributed by atoms with van der Waals surface area (Å²) in [6.07, 6.45) is 0.